The topological polar surface area (TPSA) is 18.5 Å². The summed E-state index contributed by atoms with van der Waals surface area (Å²) in [4.78, 5) is 0. The van der Waals surface area contributed by atoms with E-state index in [0.717, 1.165) is 17.9 Å². The van der Waals surface area contributed by atoms with Gasteiger partial charge in [0.2, 0.25) is 0 Å². The fourth-order valence-electron chi connectivity index (χ4n) is 0.990. The van der Waals surface area contributed by atoms with Gasteiger partial charge in [-0.25, -0.2) is 0 Å². The lowest BCUT2D eigenvalue weighted by atomic mass is 10.3. The van der Waals surface area contributed by atoms with Gasteiger partial charge in [0.05, 0.1) is 13.7 Å². The van der Waals surface area contributed by atoms with Crippen molar-refractivity contribution in [2.75, 3.05) is 13.7 Å². The summed E-state index contributed by atoms with van der Waals surface area (Å²) < 4.78 is 10.6. The van der Waals surface area contributed by atoms with E-state index in [1.807, 2.05) is 30.3 Å². The van der Waals surface area contributed by atoms with E-state index in [-0.39, 0.29) is 0 Å². The number of hydrogen-bond acceptors (Lipinski definition) is 2. The van der Waals surface area contributed by atoms with E-state index in [1.54, 1.807) is 7.11 Å². The zero-order valence-electron chi connectivity index (χ0n) is 7.82. The van der Waals surface area contributed by atoms with Crippen molar-refractivity contribution in [2.24, 2.45) is 0 Å². The van der Waals surface area contributed by atoms with Gasteiger partial charge in [-0.05, 0) is 18.6 Å². The van der Waals surface area contributed by atoms with Crippen LogP contribution < -0.4 is 9.47 Å². The molecule has 0 saturated heterocycles. The zero-order chi connectivity index (χ0) is 9.52. The predicted octanol–water partition coefficient (Wildman–Crippen LogP) is 2.65. The Morgan fingerprint density at radius 3 is 2.62 bits per heavy atom. The molecule has 0 unspecified atom stereocenters. The van der Waals surface area contributed by atoms with Crippen LogP contribution in [-0.2, 0) is 0 Å². The third-order valence-corrected chi connectivity index (χ3v) is 1.65. The van der Waals surface area contributed by atoms with E-state index in [4.69, 9.17) is 9.47 Å². The lowest BCUT2D eigenvalue weighted by molar-refractivity contribution is 0.300. The normalized spacial score (nSPS) is 9.31. The molecule has 2 heteroatoms. The average Bonchev–Trinajstić information content (AvgIpc) is 2.19. The van der Waals surface area contributed by atoms with E-state index in [1.165, 1.54) is 0 Å². The van der Waals surface area contributed by atoms with Gasteiger partial charge >= 0.3 is 0 Å². The first-order valence-electron chi connectivity index (χ1n) is 4.25. The number of hydrogen-bond donors (Lipinski definition) is 0. The molecule has 0 atom stereocenters. The second kappa shape index (κ2) is 5.25. The van der Waals surface area contributed by atoms with Crippen LogP contribution in [0.1, 0.15) is 6.42 Å². The number of methoxy groups -OCH3 is 1. The molecule has 0 amide bonds. The predicted molar refractivity (Wildman–Crippen MR) is 53.3 cm³/mol. The van der Waals surface area contributed by atoms with Crippen LogP contribution in [0.4, 0.5) is 0 Å². The Bertz CT molecular complexity index is 269. The van der Waals surface area contributed by atoms with Crippen LogP contribution in [0.25, 0.3) is 0 Å². The second-order valence-electron chi connectivity index (χ2n) is 2.58. The third-order valence-electron chi connectivity index (χ3n) is 1.65. The highest BCUT2D eigenvalue weighted by Gasteiger charge is 2.00. The van der Waals surface area contributed by atoms with Gasteiger partial charge in [-0.15, -0.1) is 6.58 Å². The number of para-hydroxylation sites is 2. The molecule has 0 aliphatic rings. The van der Waals surface area contributed by atoms with Crippen molar-refractivity contribution in [3.05, 3.63) is 36.9 Å². The molecule has 1 rings (SSSR count). The van der Waals surface area contributed by atoms with Crippen LogP contribution in [0.2, 0.25) is 0 Å². The van der Waals surface area contributed by atoms with Gasteiger partial charge < -0.3 is 9.47 Å². The summed E-state index contributed by atoms with van der Waals surface area (Å²) in [6.45, 7) is 4.27. The van der Waals surface area contributed by atoms with E-state index in [2.05, 4.69) is 6.58 Å². The zero-order valence-corrected chi connectivity index (χ0v) is 7.82. The van der Waals surface area contributed by atoms with Gasteiger partial charge in [-0.1, -0.05) is 18.2 Å². The Balaban J connectivity index is 2.58. The monoisotopic (exact) mass is 178 g/mol. The van der Waals surface area contributed by atoms with E-state index in [9.17, 15) is 0 Å². The first-order valence-corrected chi connectivity index (χ1v) is 4.25. The molecule has 0 heterocycles. The van der Waals surface area contributed by atoms with Gasteiger partial charge in [0, 0.05) is 0 Å². The smallest absolute Gasteiger partial charge is 0.161 e. The van der Waals surface area contributed by atoms with Crippen LogP contribution in [0.15, 0.2) is 36.9 Å². The molecule has 2 nitrogen and oxygen atoms in total. The fraction of sp³-hybridized carbons (Fsp3) is 0.273. The van der Waals surface area contributed by atoms with Crippen LogP contribution in [0.5, 0.6) is 11.5 Å². The molecule has 13 heavy (non-hydrogen) atoms. The Hall–Kier alpha value is -1.44. The van der Waals surface area contributed by atoms with Crippen molar-refractivity contribution in [1.82, 2.24) is 0 Å². The summed E-state index contributed by atoms with van der Waals surface area (Å²) in [5.41, 5.74) is 0. The standard InChI is InChI=1S/C11H14O2/c1-3-4-9-13-11-8-6-5-7-10(11)12-2/h3,5-8H,1,4,9H2,2H3. The third kappa shape index (κ3) is 2.82. The van der Waals surface area contributed by atoms with Crippen LogP contribution >= 0.6 is 0 Å². The SMILES string of the molecule is C=CCCOc1ccccc1OC. The van der Waals surface area contributed by atoms with E-state index >= 15 is 0 Å². The van der Waals surface area contributed by atoms with Crippen molar-refractivity contribution in [3.63, 3.8) is 0 Å². The lowest BCUT2D eigenvalue weighted by Crippen LogP contribution is -1.97. The molecule has 0 bridgehead atoms. The highest BCUT2D eigenvalue weighted by molar-refractivity contribution is 5.39. The number of ether oxygens (including phenoxy) is 2. The fourth-order valence-corrected chi connectivity index (χ4v) is 0.990. The molecular weight excluding hydrogens is 164 g/mol. The Kier molecular flexibility index (Phi) is 3.89. The molecule has 70 valence electrons. The molecular formula is C11H14O2. The summed E-state index contributed by atoms with van der Waals surface area (Å²) >= 11 is 0. The van der Waals surface area contributed by atoms with Crippen LogP contribution in [0, 0.1) is 0 Å². The van der Waals surface area contributed by atoms with Gasteiger partial charge in [0.15, 0.2) is 11.5 Å². The minimum absolute atomic E-state index is 0.643. The molecule has 1 aromatic carbocycles. The second-order valence-corrected chi connectivity index (χ2v) is 2.58. The quantitative estimate of drug-likeness (QED) is 0.509. The molecule has 0 fully saturated rings. The van der Waals surface area contributed by atoms with Crippen LogP contribution in [-0.4, -0.2) is 13.7 Å². The van der Waals surface area contributed by atoms with Crippen molar-refractivity contribution < 1.29 is 9.47 Å². The summed E-state index contributed by atoms with van der Waals surface area (Å²) in [5.74, 6) is 1.55. The van der Waals surface area contributed by atoms with E-state index in [0.29, 0.717) is 6.61 Å². The number of benzene rings is 1. The summed E-state index contributed by atoms with van der Waals surface area (Å²) in [5, 5.41) is 0. The van der Waals surface area contributed by atoms with Crippen molar-refractivity contribution >= 4 is 0 Å². The highest BCUT2D eigenvalue weighted by atomic mass is 16.5. The highest BCUT2D eigenvalue weighted by Crippen LogP contribution is 2.25. The minimum atomic E-state index is 0.643. The maximum atomic E-state index is 5.47. The van der Waals surface area contributed by atoms with Gasteiger partial charge in [-0.3, -0.25) is 0 Å². The van der Waals surface area contributed by atoms with Crippen molar-refractivity contribution in [2.45, 2.75) is 6.42 Å². The average molecular weight is 178 g/mol. The summed E-state index contributed by atoms with van der Waals surface area (Å²) in [7, 11) is 1.63. The molecule has 0 aliphatic heterocycles. The molecule has 0 N–H and O–H groups in total. The molecule has 0 saturated carbocycles. The molecule has 0 spiro atoms. The van der Waals surface area contributed by atoms with E-state index < -0.39 is 0 Å². The molecule has 1 aromatic rings. The summed E-state index contributed by atoms with van der Waals surface area (Å²) in [6, 6.07) is 7.61. The minimum Gasteiger partial charge on any atom is -0.493 e. The number of rotatable bonds is 5. The maximum Gasteiger partial charge on any atom is 0.161 e. The maximum absolute atomic E-state index is 5.47. The Morgan fingerprint density at radius 1 is 1.31 bits per heavy atom. The van der Waals surface area contributed by atoms with Gasteiger partial charge in [-0.2, -0.15) is 0 Å². The molecule has 0 aromatic heterocycles. The van der Waals surface area contributed by atoms with Gasteiger partial charge in [0.25, 0.3) is 0 Å². The Labute approximate surface area is 78.8 Å². The van der Waals surface area contributed by atoms with Gasteiger partial charge in [0.1, 0.15) is 0 Å². The van der Waals surface area contributed by atoms with Crippen LogP contribution in [0.3, 0.4) is 0 Å². The van der Waals surface area contributed by atoms with Crippen molar-refractivity contribution in [1.29, 1.82) is 0 Å². The largest absolute Gasteiger partial charge is 0.493 e. The summed E-state index contributed by atoms with van der Waals surface area (Å²) in [6.07, 6.45) is 2.67. The molecule has 0 radical (unpaired) electrons. The Morgan fingerprint density at radius 2 is 2.00 bits per heavy atom. The lowest BCUT2D eigenvalue weighted by Gasteiger charge is -2.08. The molecule has 0 aliphatic carbocycles. The first kappa shape index (κ1) is 9.65. The first-order chi connectivity index (χ1) is 6.38. The van der Waals surface area contributed by atoms with Crippen molar-refractivity contribution in [3.8, 4) is 11.5 Å².